The molecule has 1 aromatic heterocycles. The van der Waals surface area contributed by atoms with Gasteiger partial charge in [-0.3, -0.25) is 0 Å². The summed E-state index contributed by atoms with van der Waals surface area (Å²) in [6.45, 7) is 2.86. The number of halogens is 1. The normalized spacial score (nSPS) is 12.5. The summed E-state index contributed by atoms with van der Waals surface area (Å²) >= 11 is 5.64. The molecule has 0 radical (unpaired) electrons. The van der Waals surface area contributed by atoms with Crippen molar-refractivity contribution in [3.05, 3.63) is 17.4 Å². The summed E-state index contributed by atoms with van der Waals surface area (Å²) in [7, 11) is 1.91. The van der Waals surface area contributed by atoms with Crippen molar-refractivity contribution in [2.24, 2.45) is 0 Å². The highest BCUT2D eigenvalue weighted by Gasteiger charge is 1.99. The van der Waals surface area contributed by atoms with Gasteiger partial charge in [0.25, 0.3) is 0 Å². The molecule has 0 aliphatic rings. The lowest BCUT2D eigenvalue weighted by atomic mass is 10.3. The second kappa shape index (κ2) is 4.99. The van der Waals surface area contributed by atoms with Gasteiger partial charge in [-0.15, -0.1) is 0 Å². The molecule has 0 fully saturated rings. The maximum absolute atomic E-state index is 5.64. The van der Waals surface area contributed by atoms with Crippen LogP contribution in [0.25, 0.3) is 0 Å². The molecule has 4 nitrogen and oxygen atoms in total. The van der Waals surface area contributed by atoms with Crippen LogP contribution >= 0.6 is 11.6 Å². The molecule has 0 aliphatic carbocycles. The zero-order valence-corrected chi connectivity index (χ0v) is 8.47. The molecule has 0 amide bonds. The fourth-order valence-corrected chi connectivity index (χ4v) is 0.848. The lowest BCUT2D eigenvalue weighted by molar-refractivity contribution is 0.636. The Labute approximate surface area is 82.7 Å². The molecular formula is C8H13ClN4. The molecule has 0 bridgehead atoms. The van der Waals surface area contributed by atoms with Crippen LogP contribution in [0.15, 0.2) is 12.4 Å². The summed E-state index contributed by atoms with van der Waals surface area (Å²) < 4.78 is 0. The third-order valence-electron chi connectivity index (χ3n) is 1.68. The smallest absolute Gasteiger partial charge is 0.222 e. The molecule has 0 saturated heterocycles. The minimum atomic E-state index is 0.388. The number of rotatable bonds is 4. The molecule has 0 aliphatic heterocycles. The number of hydrogen-bond acceptors (Lipinski definition) is 4. The first-order valence-corrected chi connectivity index (χ1v) is 4.49. The van der Waals surface area contributed by atoms with Gasteiger partial charge >= 0.3 is 0 Å². The average Bonchev–Trinajstić information content (AvgIpc) is 2.16. The van der Waals surface area contributed by atoms with E-state index in [0.717, 1.165) is 6.54 Å². The second-order valence-corrected chi connectivity index (χ2v) is 3.23. The molecule has 2 N–H and O–H groups in total. The Morgan fingerprint density at radius 3 is 2.62 bits per heavy atom. The van der Waals surface area contributed by atoms with Gasteiger partial charge in [0, 0.05) is 12.6 Å². The summed E-state index contributed by atoms with van der Waals surface area (Å²) in [5, 5.41) is 6.73. The lowest BCUT2D eigenvalue weighted by Crippen LogP contribution is -2.29. The molecule has 72 valence electrons. The predicted octanol–water partition coefficient (Wildman–Crippen LogP) is 1.15. The molecule has 0 aromatic carbocycles. The minimum Gasteiger partial charge on any atom is -0.353 e. The molecule has 13 heavy (non-hydrogen) atoms. The van der Waals surface area contributed by atoms with Crippen molar-refractivity contribution in [1.29, 1.82) is 0 Å². The van der Waals surface area contributed by atoms with Crippen LogP contribution in [-0.4, -0.2) is 29.6 Å². The van der Waals surface area contributed by atoms with Crippen LogP contribution in [0, 0.1) is 0 Å². The van der Waals surface area contributed by atoms with Gasteiger partial charge in [-0.2, -0.15) is 0 Å². The predicted molar refractivity (Wildman–Crippen MR) is 54.1 cm³/mol. The quantitative estimate of drug-likeness (QED) is 0.766. The number of nitrogens with zero attached hydrogens (tertiary/aromatic N) is 2. The maximum atomic E-state index is 5.64. The number of likely N-dealkylation sites (N-methyl/N-ethyl adjacent to an activating group) is 1. The highest BCUT2D eigenvalue weighted by molar-refractivity contribution is 6.30. The Hall–Kier alpha value is -0.870. The van der Waals surface area contributed by atoms with Crippen molar-refractivity contribution in [2.75, 3.05) is 18.9 Å². The Morgan fingerprint density at radius 1 is 1.46 bits per heavy atom. The van der Waals surface area contributed by atoms with Crippen molar-refractivity contribution < 1.29 is 0 Å². The third kappa shape index (κ3) is 3.57. The van der Waals surface area contributed by atoms with Crippen LogP contribution in [0.3, 0.4) is 0 Å². The monoisotopic (exact) mass is 200 g/mol. The topological polar surface area (TPSA) is 49.8 Å². The van der Waals surface area contributed by atoms with Crippen LogP contribution in [-0.2, 0) is 0 Å². The standard InChI is InChI=1S/C8H13ClN4/c1-6(10-2)3-11-8-12-4-7(9)5-13-8/h4-6,10H,3H2,1-2H3,(H,11,12,13). The summed E-state index contributed by atoms with van der Waals surface area (Å²) in [5.74, 6) is 0.603. The molecule has 5 heteroatoms. The highest BCUT2D eigenvalue weighted by Crippen LogP contribution is 2.05. The van der Waals surface area contributed by atoms with Crippen LogP contribution in [0.1, 0.15) is 6.92 Å². The molecule has 0 saturated carbocycles. The third-order valence-corrected chi connectivity index (χ3v) is 1.87. The lowest BCUT2D eigenvalue weighted by Gasteiger charge is -2.10. The van der Waals surface area contributed by atoms with E-state index in [1.807, 2.05) is 7.05 Å². The van der Waals surface area contributed by atoms with Gasteiger partial charge in [-0.05, 0) is 14.0 Å². The van der Waals surface area contributed by atoms with Crippen molar-refractivity contribution >= 4 is 17.5 Å². The molecule has 1 unspecified atom stereocenters. The van der Waals surface area contributed by atoms with Crippen LogP contribution in [0.4, 0.5) is 5.95 Å². The summed E-state index contributed by atoms with van der Waals surface area (Å²) in [6.07, 6.45) is 3.14. The molecule has 1 aromatic rings. The average molecular weight is 201 g/mol. The van der Waals surface area contributed by atoms with E-state index in [1.165, 1.54) is 0 Å². The SMILES string of the molecule is CNC(C)CNc1ncc(Cl)cn1. The van der Waals surface area contributed by atoms with E-state index in [2.05, 4.69) is 27.5 Å². The molecule has 1 heterocycles. The van der Waals surface area contributed by atoms with Crippen molar-refractivity contribution in [1.82, 2.24) is 15.3 Å². The fourth-order valence-electron chi connectivity index (χ4n) is 0.750. The van der Waals surface area contributed by atoms with Crippen molar-refractivity contribution in [2.45, 2.75) is 13.0 Å². The van der Waals surface area contributed by atoms with E-state index in [1.54, 1.807) is 12.4 Å². The summed E-state index contributed by atoms with van der Waals surface area (Å²) in [6, 6.07) is 0.388. The van der Waals surface area contributed by atoms with Crippen LogP contribution in [0.2, 0.25) is 5.02 Å². The Balaban J connectivity index is 2.41. The summed E-state index contributed by atoms with van der Waals surface area (Å²) in [5.41, 5.74) is 0. The molecule has 1 rings (SSSR count). The van der Waals surface area contributed by atoms with E-state index in [4.69, 9.17) is 11.6 Å². The number of hydrogen-bond donors (Lipinski definition) is 2. The van der Waals surface area contributed by atoms with Crippen molar-refractivity contribution in [3.63, 3.8) is 0 Å². The zero-order chi connectivity index (χ0) is 9.68. The first-order chi connectivity index (χ1) is 6.22. The number of nitrogens with one attached hydrogen (secondary N) is 2. The van der Waals surface area contributed by atoms with Crippen LogP contribution in [0.5, 0.6) is 0 Å². The first kappa shape index (κ1) is 10.2. The highest BCUT2D eigenvalue weighted by atomic mass is 35.5. The van der Waals surface area contributed by atoms with Gasteiger partial charge < -0.3 is 10.6 Å². The summed E-state index contributed by atoms with van der Waals surface area (Å²) in [4.78, 5) is 8.01. The van der Waals surface area contributed by atoms with E-state index in [-0.39, 0.29) is 0 Å². The van der Waals surface area contributed by atoms with Gasteiger partial charge in [-0.1, -0.05) is 11.6 Å². The van der Waals surface area contributed by atoms with Gasteiger partial charge in [0.05, 0.1) is 17.4 Å². The van der Waals surface area contributed by atoms with E-state index in [9.17, 15) is 0 Å². The first-order valence-electron chi connectivity index (χ1n) is 4.11. The Morgan fingerprint density at radius 2 is 2.08 bits per heavy atom. The van der Waals surface area contributed by atoms with Gasteiger partial charge in [0.15, 0.2) is 0 Å². The van der Waals surface area contributed by atoms with Crippen LogP contribution < -0.4 is 10.6 Å². The molecule has 1 atom stereocenters. The molecule has 0 spiro atoms. The zero-order valence-electron chi connectivity index (χ0n) is 7.71. The van der Waals surface area contributed by atoms with E-state index < -0.39 is 0 Å². The van der Waals surface area contributed by atoms with Crippen molar-refractivity contribution in [3.8, 4) is 0 Å². The van der Waals surface area contributed by atoms with E-state index >= 15 is 0 Å². The van der Waals surface area contributed by atoms with Gasteiger partial charge in [0.1, 0.15) is 0 Å². The maximum Gasteiger partial charge on any atom is 0.222 e. The molecular weight excluding hydrogens is 188 g/mol. The van der Waals surface area contributed by atoms with E-state index in [0.29, 0.717) is 17.0 Å². The van der Waals surface area contributed by atoms with Gasteiger partial charge in [0.2, 0.25) is 5.95 Å². The second-order valence-electron chi connectivity index (χ2n) is 2.80. The Bertz CT molecular complexity index is 249. The minimum absolute atomic E-state index is 0.388. The number of anilines is 1. The van der Waals surface area contributed by atoms with Gasteiger partial charge in [-0.25, -0.2) is 9.97 Å². The Kier molecular flexibility index (Phi) is 3.92. The fraction of sp³-hybridized carbons (Fsp3) is 0.500. The largest absolute Gasteiger partial charge is 0.353 e. The number of aromatic nitrogens is 2.